The van der Waals surface area contributed by atoms with E-state index in [0.29, 0.717) is 24.7 Å². The minimum absolute atomic E-state index is 0.607. The molecular weight excluding hydrogens is 148 g/mol. The summed E-state index contributed by atoms with van der Waals surface area (Å²) in [6, 6.07) is 0. The van der Waals surface area contributed by atoms with E-state index in [9.17, 15) is 0 Å². The number of likely N-dealkylation sites (N-methyl/N-ethyl adjacent to an activating group) is 1. The summed E-state index contributed by atoms with van der Waals surface area (Å²) < 4.78 is 5.11. The van der Waals surface area contributed by atoms with Crippen LogP contribution in [0.15, 0.2) is 0 Å². The summed E-state index contributed by atoms with van der Waals surface area (Å²) in [5.41, 5.74) is 5.25. The third kappa shape index (κ3) is 5.94. The smallest absolute Gasteiger partial charge is 0.173 e. The fourth-order valence-electron chi connectivity index (χ4n) is 0.465. The van der Waals surface area contributed by atoms with Gasteiger partial charge in [0.2, 0.25) is 0 Å². The van der Waals surface area contributed by atoms with Gasteiger partial charge in [-0.15, -0.1) is 0 Å². The van der Waals surface area contributed by atoms with E-state index in [1.165, 1.54) is 0 Å². The van der Waals surface area contributed by atoms with Crippen molar-refractivity contribution in [3.63, 3.8) is 0 Å². The first kappa shape index (κ1) is 9.81. The molecule has 3 nitrogen and oxygen atoms in total. The van der Waals surface area contributed by atoms with Gasteiger partial charge in [-0.1, -0.05) is 0 Å². The van der Waals surface area contributed by atoms with Crippen LogP contribution in [-0.4, -0.2) is 31.8 Å². The van der Waals surface area contributed by atoms with Crippen LogP contribution in [0.25, 0.3) is 0 Å². The van der Waals surface area contributed by atoms with E-state index in [1.54, 1.807) is 0 Å². The Hall–Kier alpha value is -0.190. The highest BCUT2D eigenvalue weighted by Crippen LogP contribution is 1.83. The third-order valence-electron chi connectivity index (χ3n) is 0.933. The minimum Gasteiger partial charge on any atom is -0.486 e. The Morgan fingerprint density at radius 2 is 2.40 bits per heavy atom. The van der Waals surface area contributed by atoms with Crippen molar-refractivity contribution in [1.82, 2.24) is 5.32 Å². The Labute approximate surface area is 66.9 Å². The zero-order valence-electron chi connectivity index (χ0n) is 6.22. The summed E-state index contributed by atoms with van der Waals surface area (Å²) in [6.45, 7) is 1.93. The van der Waals surface area contributed by atoms with Gasteiger partial charge in [0.05, 0.1) is 13.2 Å². The Morgan fingerprint density at radius 3 is 2.90 bits per heavy atom. The molecule has 0 aromatic heterocycles. The van der Waals surface area contributed by atoms with Crippen molar-refractivity contribution < 1.29 is 4.74 Å². The predicted molar refractivity (Wildman–Crippen MR) is 46.1 cm³/mol. The summed E-state index contributed by atoms with van der Waals surface area (Å²) in [5, 5.41) is 3.50. The molecule has 3 N–H and O–H groups in total. The zero-order chi connectivity index (χ0) is 7.82. The average Bonchev–Trinajstić information content (AvgIpc) is 1.89. The molecular formula is C6H14N2OS. The first-order valence-electron chi connectivity index (χ1n) is 3.31. The lowest BCUT2D eigenvalue weighted by molar-refractivity contribution is 0.302. The largest absolute Gasteiger partial charge is 0.486 e. The second kappa shape index (κ2) is 6.92. The fraction of sp³-hybridized carbons (Fsp3) is 0.833. The monoisotopic (exact) mass is 162 g/mol. The number of nitrogens with one attached hydrogen (secondary N) is 1. The first-order chi connectivity index (χ1) is 4.81. The number of hydrogen-bond acceptors (Lipinski definition) is 4. The van der Waals surface area contributed by atoms with Crippen LogP contribution in [0.2, 0.25) is 0 Å². The minimum atomic E-state index is 0.607. The van der Waals surface area contributed by atoms with Crippen LogP contribution < -0.4 is 11.1 Å². The molecule has 0 bridgehead atoms. The molecule has 0 aromatic carbocycles. The van der Waals surface area contributed by atoms with Gasteiger partial charge in [0.25, 0.3) is 0 Å². The van der Waals surface area contributed by atoms with Crippen molar-refractivity contribution in [1.29, 1.82) is 0 Å². The van der Waals surface area contributed by atoms with E-state index in [2.05, 4.69) is 5.32 Å². The lowest BCUT2D eigenvalue weighted by Crippen LogP contribution is -2.20. The van der Waals surface area contributed by atoms with Crippen LogP contribution in [0, 0.1) is 0 Å². The molecule has 0 spiro atoms. The molecule has 0 heterocycles. The van der Waals surface area contributed by atoms with Crippen LogP contribution in [0.4, 0.5) is 0 Å². The van der Waals surface area contributed by atoms with Gasteiger partial charge in [0.1, 0.15) is 0 Å². The number of hydrogen-bond donors (Lipinski definition) is 2. The molecule has 0 aromatic rings. The molecule has 0 aliphatic carbocycles. The summed E-state index contributed by atoms with van der Waals surface area (Å²) in [5.74, 6) is 0. The van der Waals surface area contributed by atoms with Gasteiger partial charge in [0, 0.05) is 0 Å². The van der Waals surface area contributed by atoms with Crippen molar-refractivity contribution in [2.75, 3.05) is 26.7 Å². The normalized spacial score (nSPS) is 9.40. The number of thiocarbonyl (C=S) groups is 1. The average molecular weight is 162 g/mol. The van der Waals surface area contributed by atoms with Crippen molar-refractivity contribution in [2.45, 2.75) is 6.42 Å². The molecule has 0 saturated carbocycles. The first-order valence-corrected chi connectivity index (χ1v) is 3.72. The highest BCUT2D eigenvalue weighted by Gasteiger charge is 1.92. The molecule has 0 aliphatic rings. The van der Waals surface area contributed by atoms with Crippen molar-refractivity contribution >= 4 is 17.3 Å². The Balaban J connectivity index is 3.05. The highest BCUT2D eigenvalue weighted by atomic mass is 32.1. The molecule has 4 heteroatoms. The Kier molecular flexibility index (Phi) is 6.79. The van der Waals surface area contributed by atoms with Crippen LogP contribution in [-0.2, 0) is 4.74 Å². The maximum Gasteiger partial charge on any atom is 0.173 e. The maximum absolute atomic E-state index is 5.25. The summed E-state index contributed by atoms with van der Waals surface area (Å²) in [6.07, 6.45) is 0.865. The SMILES string of the molecule is CNCC(=S)OCCCN. The molecule has 0 amide bonds. The second-order valence-corrected chi connectivity index (χ2v) is 2.35. The number of rotatable bonds is 5. The molecule has 0 unspecified atom stereocenters. The van der Waals surface area contributed by atoms with Gasteiger partial charge in [0.15, 0.2) is 5.05 Å². The molecule has 0 rings (SSSR count). The molecule has 60 valence electrons. The summed E-state index contributed by atoms with van der Waals surface area (Å²) >= 11 is 4.84. The van der Waals surface area contributed by atoms with Crippen LogP contribution in [0.5, 0.6) is 0 Å². The molecule has 0 fully saturated rings. The molecule has 0 radical (unpaired) electrons. The van der Waals surface area contributed by atoms with Crippen molar-refractivity contribution in [3.05, 3.63) is 0 Å². The van der Waals surface area contributed by atoms with E-state index >= 15 is 0 Å². The highest BCUT2D eigenvalue weighted by molar-refractivity contribution is 7.80. The summed E-state index contributed by atoms with van der Waals surface area (Å²) in [7, 11) is 1.83. The maximum atomic E-state index is 5.25. The quantitative estimate of drug-likeness (QED) is 0.438. The molecule has 0 saturated heterocycles. The van der Waals surface area contributed by atoms with E-state index in [0.717, 1.165) is 6.42 Å². The van der Waals surface area contributed by atoms with E-state index in [4.69, 9.17) is 22.7 Å². The predicted octanol–water partition coefficient (Wildman–Crippen LogP) is -0.101. The lowest BCUT2D eigenvalue weighted by Gasteiger charge is -2.04. The lowest BCUT2D eigenvalue weighted by atomic mass is 10.5. The van der Waals surface area contributed by atoms with Crippen LogP contribution in [0.3, 0.4) is 0 Å². The molecule has 0 aliphatic heterocycles. The van der Waals surface area contributed by atoms with Gasteiger partial charge >= 0.3 is 0 Å². The van der Waals surface area contributed by atoms with Crippen molar-refractivity contribution in [2.24, 2.45) is 5.73 Å². The standard InChI is InChI=1S/C6H14N2OS/c1-8-5-6(10)9-4-2-3-7/h8H,2-5,7H2,1H3. The number of nitrogens with two attached hydrogens (primary N) is 1. The molecule has 0 atom stereocenters. The third-order valence-corrected chi connectivity index (χ3v) is 1.19. The van der Waals surface area contributed by atoms with E-state index < -0.39 is 0 Å². The van der Waals surface area contributed by atoms with Gasteiger partial charge in [-0.05, 0) is 32.2 Å². The number of ether oxygens (including phenoxy) is 1. The van der Waals surface area contributed by atoms with Gasteiger partial charge in [-0.2, -0.15) is 0 Å². The Bertz CT molecular complexity index is 97.7. The summed E-state index contributed by atoms with van der Waals surface area (Å²) in [4.78, 5) is 0. The zero-order valence-corrected chi connectivity index (χ0v) is 7.04. The fourth-order valence-corrected chi connectivity index (χ4v) is 0.692. The Morgan fingerprint density at radius 1 is 1.70 bits per heavy atom. The van der Waals surface area contributed by atoms with Gasteiger partial charge in [-0.25, -0.2) is 0 Å². The molecule has 10 heavy (non-hydrogen) atoms. The van der Waals surface area contributed by atoms with E-state index in [1.807, 2.05) is 7.05 Å². The van der Waals surface area contributed by atoms with Crippen LogP contribution >= 0.6 is 12.2 Å². The van der Waals surface area contributed by atoms with Gasteiger partial charge < -0.3 is 15.8 Å². The van der Waals surface area contributed by atoms with Gasteiger partial charge in [-0.3, -0.25) is 0 Å². The van der Waals surface area contributed by atoms with Crippen LogP contribution in [0.1, 0.15) is 6.42 Å². The topological polar surface area (TPSA) is 47.3 Å². The van der Waals surface area contributed by atoms with Crippen molar-refractivity contribution in [3.8, 4) is 0 Å². The second-order valence-electron chi connectivity index (χ2n) is 1.89. The van der Waals surface area contributed by atoms with E-state index in [-0.39, 0.29) is 0 Å².